The molecule has 0 fully saturated rings. The summed E-state index contributed by atoms with van der Waals surface area (Å²) in [6.45, 7) is 5.43. The topological polar surface area (TPSA) is 50.4 Å². The second kappa shape index (κ2) is 8.73. The van der Waals surface area contributed by atoms with E-state index in [2.05, 4.69) is 40.4 Å². The lowest BCUT2D eigenvalue weighted by atomic mass is 10.1. The van der Waals surface area contributed by atoms with E-state index in [1.165, 1.54) is 0 Å². The highest BCUT2D eigenvalue weighted by molar-refractivity contribution is 9.10. The predicted octanol–water partition coefficient (Wildman–Crippen LogP) is 4.46. The van der Waals surface area contributed by atoms with Gasteiger partial charge in [0.15, 0.2) is 0 Å². The maximum atomic E-state index is 12.2. The predicted molar refractivity (Wildman–Crippen MR) is 102 cm³/mol. The normalized spacial score (nSPS) is 10.5. The zero-order chi connectivity index (χ0) is 17.5. The second-order valence-electron chi connectivity index (χ2n) is 5.99. The van der Waals surface area contributed by atoms with Crippen LogP contribution in [-0.2, 0) is 6.54 Å². The molecule has 24 heavy (non-hydrogen) atoms. The highest BCUT2D eigenvalue weighted by Crippen LogP contribution is 2.24. The van der Waals surface area contributed by atoms with Crippen LogP contribution in [0, 0.1) is 5.92 Å². The Bertz CT molecular complexity index is 702. The molecule has 2 aromatic rings. The van der Waals surface area contributed by atoms with Crippen molar-refractivity contribution in [3.05, 3.63) is 58.1 Å². The van der Waals surface area contributed by atoms with Crippen LogP contribution in [0.5, 0.6) is 5.75 Å². The number of carbonyl (C=O) groups excluding carboxylic acids is 1. The average molecular weight is 391 g/mol. The lowest BCUT2D eigenvalue weighted by Crippen LogP contribution is -2.27. The van der Waals surface area contributed by atoms with E-state index in [4.69, 9.17) is 4.74 Å². The van der Waals surface area contributed by atoms with Gasteiger partial charge in [0, 0.05) is 34.4 Å². The summed E-state index contributed by atoms with van der Waals surface area (Å²) in [5.74, 6) is 1.21. The van der Waals surface area contributed by atoms with E-state index in [-0.39, 0.29) is 5.91 Å². The number of rotatable bonds is 7. The zero-order valence-electron chi connectivity index (χ0n) is 14.2. The monoisotopic (exact) mass is 390 g/mol. The minimum atomic E-state index is -0.0487. The third kappa shape index (κ3) is 5.27. The van der Waals surface area contributed by atoms with Crippen molar-refractivity contribution in [1.82, 2.24) is 5.32 Å². The molecule has 0 atom stereocenters. The highest BCUT2D eigenvalue weighted by Gasteiger charge is 2.08. The van der Waals surface area contributed by atoms with Gasteiger partial charge in [-0.3, -0.25) is 4.79 Å². The molecule has 0 spiro atoms. The minimum Gasteiger partial charge on any atom is -0.496 e. The van der Waals surface area contributed by atoms with Gasteiger partial charge < -0.3 is 15.4 Å². The van der Waals surface area contributed by atoms with E-state index in [0.717, 1.165) is 21.5 Å². The molecule has 0 aromatic heterocycles. The third-order valence-corrected chi connectivity index (χ3v) is 4.01. The molecule has 0 unspecified atom stereocenters. The first-order valence-electron chi connectivity index (χ1n) is 7.94. The largest absolute Gasteiger partial charge is 0.496 e. The molecule has 4 nitrogen and oxygen atoms in total. The molecule has 128 valence electrons. The summed E-state index contributed by atoms with van der Waals surface area (Å²) < 4.78 is 6.38. The molecular weight excluding hydrogens is 368 g/mol. The van der Waals surface area contributed by atoms with Gasteiger partial charge in [-0.25, -0.2) is 0 Å². The molecule has 2 N–H and O–H groups in total. The minimum absolute atomic E-state index is 0.0487. The first-order valence-corrected chi connectivity index (χ1v) is 8.73. The summed E-state index contributed by atoms with van der Waals surface area (Å²) >= 11 is 3.48. The first-order chi connectivity index (χ1) is 11.5. The van der Waals surface area contributed by atoms with Gasteiger partial charge in [-0.1, -0.05) is 35.8 Å². The summed E-state index contributed by atoms with van der Waals surface area (Å²) in [7, 11) is 1.66. The SMILES string of the molecule is COc1ccc(Br)cc1CNc1cccc(C(=O)NCC(C)C)c1. The number of carbonyl (C=O) groups is 1. The Hall–Kier alpha value is -2.01. The maximum Gasteiger partial charge on any atom is 0.251 e. The summed E-state index contributed by atoms with van der Waals surface area (Å²) in [5.41, 5.74) is 2.60. The van der Waals surface area contributed by atoms with Crippen molar-refractivity contribution < 1.29 is 9.53 Å². The number of halogens is 1. The van der Waals surface area contributed by atoms with Crippen LogP contribution in [0.3, 0.4) is 0 Å². The average Bonchev–Trinajstić information content (AvgIpc) is 2.58. The van der Waals surface area contributed by atoms with Crippen molar-refractivity contribution in [1.29, 1.82) is 0 Å². The number of amides is 1. The number of hydrogen-bond acceptors (Lipinski definition) is 3. The van der Waals surface area contributed by atoms with Gasteiger partial charge in [0.25, 0.3) is 5.91 Å². The summed E-state index contributed by atoms with van der Waals surface area (Å²) in [6, 6.07) is 13.4. The number of ether oxygens (including phenoxy) is 1. The first kappa shape index (κ1) is 18.3. The smallest absolute Gasteiger partial charge is 0.251 e. The van der Waals surface area contributed by atoms with Gasteiger partial charge in [-0.05, 0) is 42.3 Å². The molecular formula is C19H23BrN2O2. The van der Waals surface area contributed by atoms with Crippen LogP contribution < -0.4 is 15.4 Å². The molecule has 2 aromatic carbocycles. The van der Waals surface area contributed by atoms with Crippen molar-refractivity contribution in [2.45, 2.75) is 20.4 Å². The lowest BCUT2D eigenvalue weighted by molar-refractivity contribution is 0.0949. The van der Waals surface area contributed by atoms with Crippen LogP contribution in [-0.4, -0.2) is 19.6 Å². The molecule has 0 bridgehead atoms. The molecule has 0 saturated heterocycles. The number of benzene rings is 2. The van der Waals surface area contributed by atoms with Crippen molar-refractivity contribution >= 4 is 27.5 Å². The van der Waals surface area contributed by atoms with E-state index in [1.807, 2.05) is 42.5 Å². The Morgan fingerprint density at radius 2 is 2.00 bits per heavy atom. The number of anilines is 1. The zero-order valence-corrected chi connectivity index (χ0v) is 15.8. The van der Waals surface area contributed by atoms with Crippen LogP contribution in [0.4, 0.5) is 5.69 Å². The van der Waals surface area contributed by atoms with Crippen LogP contribution in [0.15, 0.2) is 46.9 Å². The number of methoxy groups -OCH3 is 1. The third-order valence-electron chi connectivity index (χ3n) is 3.52. The maximum absolute atomic E-state index is 12.2. The highest BCUT2D eigenvalue weighted by atomic mass is 79.9. The van der Waals surface area contributed by atoms with Crippen molar-refractivity contribution in [3.63, 3.8) is 0 Å². The van der Waals surface area contributed by atoms with Gasteiger partial charge in [-0.2, -0.15) is 0 Å². The molecule has 0 aliphatic carbocycles. The number of hydrogen-bond donors (Lipinski definition) is 2. The van der Waals surface area contributed by atoms with Crippen LogP contribution in [0.1, 0.15) is 29.8 Å². The van der Waals surface area contributed by atoms with Crippen molar-refractivity contribution in [2.75, 3.05) is 19.0 Å². The fourth-order valence-corrected chi connectivity index (χ4v) is 2.66. The van der Waals surface area contributed by atoms with Gasteiger partial charge in [0.05, 0.1) is 7.11 Å². The van der Waals surface area contributed by atoms with E-state index >= 15 is 0 Å². The van der Waals surface area contributed by atoms with Crippen molar-refractivity contribution in [3.8, 4) is 5.75 Å². The van der Waals surface area contributed by atoms with E-state index in [0.29, 0.717) is 24.6 Å². The van der Waals surface area contributed by atoms with Crippen molar-refractivity contribution in [2.24, 2.45) is 5.92 Å². The molecule has 0 aliphatic heterocycles. The Labute approximate surface area is 151 Å². The summed E-state index contributed by atoms with van der Waals surface area (Å²) in [4.78, 5) is 12.2. The Balaban J connectivity index is 2.05. The second-order valence-corrected chi connectivity index (χ2v) is 6.91. The summed E-state index contributed by atoms with van der Waals surface area (Å²) in [5, 5.41) is 6.27. The number of nitrogens with one attached hydrogen (secondary N) is 2. The van der Waals surface area contributed by atoms with Gasteiger partial charge in [-0.15, -0.1) is 0 Å². The van der Waals surface area contributed by atoms with Crippen LogP contribution >= 0.6 is 15.9 Å². The summed E-state index contributed by atoms with van der Waals surface area (Å²) in [6.07, 6.45) is 0. The van der Waals surface area contributed by atoms with E-state index in [9.17, 15) is 4.79 Å². The van der Waals surface area contributed by atoms with Gasteiger partial charge in [0.1, 0.15) is 5.75 Å². The van der Waals surface area contributed by atoms with Crippen LogP contribution in [0.2, 0.25) is 0 Å². The van der Waals surface area contributed by atoms with E-state index < -0.39 is 0 Å². The molecule has 0 heterocycles. The molecule has 0 aliphatic rings. The molecule has 2 rings (SSSR count). The lowest BCUT2D eigenvalue weighted by Gasteiger charge is -2.12. The molecule has 0 radical (unpaired) electrons. The van der Waals surface area contributed by atoms with Gasteiger partial charge >= 0.3 is 0 Å². The fourth-order valence-electron chi connectivity index (χ4n) is 2.25. The van der Waals surface area contributed by atoms with E-state index in [1.54, 1.807) is 7.11 Å². The fraction of sp³-hybridized carbons (Fsp3) is 0.316. The Morgan fingerprint density at radius 1 is 1.21 bits per heavy atom. The molecule has 5 heteroatoms. The quantitative estimate of drug-likeness (QED) is 0.733. The standard InChI is InChI=1S/C19H23BrN2O2/c1-13(2)11-22-19(23)14-5-4-6-17(10-14)21-12-15-9-16(20)7-8-18(15)24-3/h4-10,13,21H,11-12H2,1-3H3,(H,22,23). The van der Waals surface area contributed by atoms with Crippen LogP contribution in [0.25, 0.3) is 0 Å². The molecule has 0 saturated carbocycles. The molecule has 1 amide bonds. The van der Waals surface area contributed by atoms with Gasteiger partial charge in [0.2, 0.25) is 0 Å². The Morgan fingerprint density at radius 3 is 2.71 bits per heavy atom. The Kier molecular flexibility index (Phi) is 6.67.